The molecule has 0 radical (unpaired) electrons. The second kappa shape index (κ2) is 4.74. The Morgan fingerprint density at radius 1 is 1.47 bits per heavy atom. The van der Waals surface area contributed by atoms with Crippen LogP contribution < -0.4 is 5.32 Å². The maximum Gasteiger partial charge on any atom is 0.240 e. The lowest BCUT2D eigenvalue weighted by atomic mass is 9.96. The van der Waals surface area contributed by atoms with Crippen molar-refractivity contribution < 1.29 is 4.52 Å². The van der Waals surface area contributed by atoms with Crippen molar-refractivity contribution in [3.63, 3.8) is 0 Å². The minimum atomic E-state index is -0.0448. The Morgan fingerprint density at radius 3 is 2.82 bits per heavy atom. The molecule has 1 aromatic rings. The predicted molar refractivity (Wildman–Crippen MR) is 65.7 cm³/mol. The Kier molecular flexibility index (Phi) is 3.49. The third-order valence-electron chi connectivity index (χ3n) is 3.12. The Labute approximate surface area is 103 Å². The van der Waals surface area contributed by atoms with Gasteiger partial charge in [0, 0.05) is 31.1 Å². The van der Waals surface area contributed by atoms with E-state index in [-0.39, 0.29) is 5.41 Å². The Morgan fingerprint density at radius 2 is 2.24 bits per heavy atom. The second-order valence-corrected chi connectivity index (χ2v) is 5.79. The highest BCUT2D eigenvalue weighted by molar-refractivity contribution is 5.00. The van der Waals surface area contributed by atoms with Crippen LogP contribution in [0.3, 0.4) is 0 Å². The lowest BCUT2D eigenvalue weighted by Gasteiger charge is -2.32. The first-order chi connectivity index (χ1) is 7.97. The molecule has 0 spiro atoms. The fourth-order valence-electron chi connectivity index (χ4n) is 1.92. The van der Waals surface area contributed by atoms with Crippen LogP contribution in [-0.2, 0) is 12.0 Å². The Hall–Kier alpha value is -0.940. The lowest BCUT2D eigenvalue weighted by molar-refractivity contribution is 0.146. The maximum atomic E-state index is 5.32. The SMILES string of the molecule is C[C@@H]1CNCCN1Cc1nc(C(C)(C)C)no1. The summed E-state index contributed by atoms with van der Waals surface area (Å²) in [5.41, 5.74) is -0.0448. The van der Waals surface area contributed by atoms with E-state index in [1.807, 2.05) is 0 Å². The van der Waals surface area contributed by atoms with Crippen molar-refractivity contribution in [1.29, 1.82) is 0 Å². The number of rotatable bonds is 2. The summed E-state index contributed by atoms with van der Waals surface area (Å²) in [4.78, 5) is 6.84. The van der Waals surface area contributed by atoms with E-state index in [9.17, 15) is 0 Å². The first-order valence-corrected chi connectivity index (χ1v) is 6.24. The van der Waals surface area contributed by atoms with Crippen LogP contribution >= 0.6 is 0 Å². The maximum absolute atomic E-state index is 5.32. The zero-order valence-electron chi connectivity index (χ0n) is 11.2. The average Bonchev–Trinajstić information content (AvgIpc) is 2.69. The molecule has 1 fully saturated rings. The van der Waals surface area contributed by atoms with Crippen LogP contribution in [0.1, 0.15) is 39.4 Å². The van der Waals surface area contributed by atoms with Crippen LogP contribution in [0.25, 0.3) is 0 Å². The van der Waals surface area contributed by atoms with Crippen LogP contribution in [0.2, 0.25) is 0 Å². The average molecular weight is 238 g/mol. The van der Waals surface area contributed by atoms with Gasteiger partial charge in [-0.3, -0.25) is 4.90 Å². The summed E-state index contributed by atoms with van der Waals surface area (Å²) in [7, 11) is 0. The van der Waals surface area contributed by atoms with Crippen molar-refractivity contribution in [2.24, 2.45) is 0 Å². The fraction of sp³-hybridized carbons (Fsp3) is 0.833. The van der Waals surface area contributed by atoms with Crippen LogP contribution in [0.15, 0.2) is 4.52 Å². The van der Waals surface area contributed by atoms with Gasteiger partial charge < -0.3 is 9.84 Å². The molecule has 2 heterocycles. The largest absolute Gasteiger partial charge is 0.338 e. The first kappa shape index (κ1) is 12.5. The monoisotopic (exact) mass is 238 g/mol. The number of hydrogen-bond donors (Lipinski definition) is 1. The van der Waals surface area contributed by atoms with E-state index in [1.54, 1.807) is 0 Å². The first-order valence-electron chi connectivity index (χ1n) is 6.24. The highest BCUT2D eigenvalue weighted by atomic mass is 16.5. The quantitative estimate of drug-likeness (QED) is 0.838. The van der Waals surface area contributed by atoms with Crippen molar-refractivity contribution >= 4 is 0 Å². The van der Waals surface area contributed by atoms with Gasteiger partial charge in [0.05, 0.1) is 6.54 Å². The molecule has 1 atom stereocenters. The van der Waals surface area contributed by atoms with E-state index >= 15 is 0 Å². The normalized spacial score (nSPS) is 22.9. The minimum absolute atomic E-state index is 0.0448. The molecule has 5 heteroatoms. The van der Waals surface area contributed by atoms with Gasteiger partial charge in [-0.05, 0) is 6.92 Å². The predicted octanol–water partition coefficient (Wildman–Crippen LogP) is 1.16. The van der Waals surface area contributed by atoms with Gasteiger partial charge in [0.2, 0.25) is 5.89 Å². The van der Waals surface area contributed by atoms with Crippen molar-refractivity contribution in [2.75, 3.05) is 19.6 Å². The molecule has 0 aromatic carbocycles. The molecule has 1 aliphatic heterocycles. The van der Waals surface area contributed by atoms with Gasteiger partial charge in [-0.2, -0.15) is 4.98 Å². The highest BCUT2D eigenvalue weighted by Gasteiger charge is 2.24. The van der Waals surface area contributed by atoms with E-state index < -0.39 is 0 Å². The molecule has 1 N–H and O–H groups in total. The van der Waals surface area contributed by atoms with Crippen LogP contribution in [-0.4, -0.2) is 40.7 Å². The summed E-state index contributed by atoms with van der Waals surface area (Å²) in [6, 6.07) is 0.522. The van der Waals surface area contributed by atoms with Gasteiger partial charge in [0.25, 0.3) is 0 Å². The Balaban J connectivity index is 2.01. The Bertz CT molecular complexity index is 369. The summed E-state index contributed by atoms with van der Waals surface area (Å²) in [6.45, 7) is 12.3. The molecule has 1 aromatic heterocycles. The molecule has 0 unspecified atom stereocenters. The molecule has 2 rings (SSSR count). The molecule has 1 aliphatic rings. The van der Waals surface area contributed by atoms with E-state index in [0.29, 0.717) is 6.04 Å². The molecular formula is C12H22N4O. The summed E-state index contributed by atoms with van der Waals surface area (Å²) in [6.07, 6.45) is 0. The topological polar surface area (TPSA) is 54.2 Å². The molecule has 17 heavy (non-hydrogen) atoms. The molecule has 5 nitrogen and oxygen atoms in total. The van der Waals surface area contributed by atoms with Gasteiger partial charge >= 0.3 is 0 Å². The summed E-state index contributed by atoms with van der Waals surface area (Å²) < 4.78 is 5.32. The van der Waals surface area contributed by atoms with E-state index in [0.717, 1.165) is 37.9 Å². The molecule has 0 amide bonds. The van der Waals surface area contributed by atoms with Crippen molar-refractivity contribution in [2.45, 2.75) is 45.7 Å². The van der Waals surface area contributed by atoms with E-state index in [2.05, 4.69) is 48.1 Å². The third kappa shape index (κ3) is 3.04. The molecule has 0 aliphatic carbocycles. The number of nitrogens with one attached hydrogen (secondary N) is 1. The molecule has 0 saturated carbocycles. The van der Waals surface area contributed by atoms with Gasteiger partial charge in [-0.25, -0.2) is 0 Å². The number of nitrogens with zero attached hydrogens (tertiary/aromatic N) is 3. The molecule has 0 bridgehead atoms. The van der Waals surface area contributed by atoms with Crippen molar-refractivity contribution in [1.82, 2.24) is 20.4 Å². The zero-order chi connectivity index (χ0) is 12.5. The third-order valence-corrected chi connectivity index (χ3v) is 3.12. The number of hydrogen-bond acceptors (Lipinski definition) is 5. The van der Waals surface area contributed by atoms with Gasteiger partial charge in [0.1, 0.15) is 0 Å². The number of piperazine rings is 1. The standard InChI is InChI=1S/C12H22N4O/c1-9-7-13-5-6-16(9)8-10-14-11(15-17-10)12(2,3)4/h9,13H,5-8H2,1-4H3/t9-/m1/s1. The highest BCUT2D eigenvalue weighted by Crippen LogP contribution is 2.19. The van der Waals surface area contributed by atoms with Crippen LogP contribution in [0.4, 0.5) is 0 Å². The zero-order valence-corrected chi connectivity index (χ0v) is 11.2. The molecule has 1 saturated heterocycles. The van der Waals surface area contributed by atoms with Gasteiger partial charge in [0.15, 0.2) is 5.82 Å². The van der Waals surface area contributed by atoms with Crippen LogP contribution in [0, 0.1) is 0 Å². The molecular weight excluding hydrogens is 216 g/mol. The second-order valence-electron chi connectivity index (χ2n) is 5.79. The summed E-state index contributed by atoms with van der Waals surface area (Å²) in [5.74, 6) is 1.51. The fourth-order valence-corrected chi connectivity index (χ4v) is 1.92. The van der Waals surface area contributed by atoms with E-state index in [4.69, 9.17) is 4.52 Å². The van der Waals surface area contributed by atoms with Crippen molar-refractivity contribution in [3.05, 3.63) is 11.7 Å². The van der Waals surface area contributed by atoms with Crippen molar-refractivity contribution in [3.8, 4) is 0 Å². The summed E-state index contributed by atoms with van der Waals surface area (Å²) >= 11 is 0. The van der Waals surface area contributed by atoms with Gasteiger partial charge in [-0.1, -0.05) is 25.9 Å². The van der Waals surface area contributed by atoms with E-state index in [1.165, 1.54) is 0 Å². The summed E-state index contributed by atoms with van der Waals surface area (Å²) in [5, 5.41) is 7.42. The molecule has 96 valence electrons. The van der Waals surface area contributed by atoms with Crippen LogP contribution in [0.5, 0.6) is 0 Å². The smallest absolute Gasteiger partial charge is 0.240 e. The lowest BCUT2D eigenvalue weighted by Crippen LogP contribution is -2.49. The number of aromatic nitrogens is 2. The minimum Gasteiger partial charge on any atom is -0.338 e. The van der Waals surface area contributed by atoms with Gasteiger partial charge in [-0.15, -0.1) is 0 Å².